The van der Waals surface area contributed by atoms with Crippen molar-refractivity contribution >= 4 is 0 Å². The molecule has 6 heteroatoms. The van der Waals surface area contributed by atoms with Crippen molar-refractivity contribution in [1.82, 2.24) is 10.2 Å². The fourth-order valence-electron chi connectivity index (χ4n) is 1.74. The van der Waals surface area contributed by atoms with E-state index in [1.807, 2.05) is 19.9 Å². The molecule has 20 heavy (non-hydrogen) atoms. The van der Waals surface area contributed by atoms with Crippen LogP contribution in [0, 0.1) is 5.92 Å². The van der Waals surface area contributed by atoms with Crippen LogP contribution < -0.4 is 15.2 Å². The standard InChI is InChI=1S/C14H19N3O3/c1-8(2)12(15)14-17-16-13(20-14)9-5-6-10(18-3)11(7-9)19-4/h5-8,12H,15H2,1-4H3. The van der Waals surface area contributed by atoms with Gasteiger partial charge in [-0.05, 0) is 24.1 Å². The maximum atomic E-state index is 5.99. The summed E-state index contributed by atoms with van der Waals surface area (Å²) >= 11 is 0. The summed E-state index contributed by atoms with van der Waals surface area (Å²) in [6.45, 7) is 4.01. The van der Waals surface area contributed by atoms with Gasteiger partial charge in [-0.15, -0.1) is 10.2 Å². The van der Waals surface area contributed by atoms with Gasteiger partial charge in [-0.3, -0.25) is 0 Å². The lowest BCUT2D eigenvalue weighted by atomic mass is 10.1. The molecule has 2 N–H and O–H groups in total. The molecule has 0 fully saturated rings. The molecule has 0 aliphatic carbocycles. The molecule has 0 amide bonds. The molecule has 2 aromatic rings. The molecule has 1 aromatic heterocycles. The second kappa shape index (κ2) is 5.92. The monoisotopic (exact) mass is 277 g/mol. The van der Waals surface area contributed by atoms with Crippen molar-refractivity contribution < 1.29 is 13.9 Å². The molecular weight excluding hydrogens is 258 g/mol. The van der Waals surface area contributed by atoms with Crippen LogP contribution in [0.1, 0.15) is 25.8 Å². The molecule has 0 aliphatic heterocycles. The van der Waals surface area contributed by atoms with Gasteiger partial charge in [-0.25, -0.2) is 0 Å². The Morgan fingerprint density at radius 3 is 2.40 bits per heavy atom. The topological polar surface area (TPSA) is 83.4 Å². The molecule has 2 rings (SSSR count). The first-order valence-corrected chi connectivity index (χ1v) is 6.38. The van der Waals surface area contributed by atoms with Crippen LogP contribution in [0.3, 0.4) is 0 Å². The van der Waals surface area contributed by atoms with Crippen LogP contribution in [0.25, 0.3) is 11.5 Å². The van der Waals surface area contributed by atoms with Gasteiger partial charge in [0, 0.05) is 5.56 Å². The molecule has 0 saturated heterocycles. The zero-order valence-electron chi connectivity index (χ0n) is 12.1. The van der Waals surface area contributed by atoms with E-state index in [0.717, 1.165) is 5.56 Å². The molecule has 1 atom stereocenters. The second-order valence-electron chi connectivity index (χ2n) is 4.79. The maximum Gasteiger partial charge on any atom is 0.247 e. The minimum Gasteiger partial charge on any atom is -0.493 e. The predicted octanol–water partition coefficient (Wildman–Crippen LogP) is 2.41. The quantitative estimate of drug-likeness (QED) is 0.903. The van der Waals surface area contributed by atoms with E-state index in [1.165, 1.54) is 0 Å². The van der Waals surface area contributed by atoms with E-state index in [2.05, 4.69) is 10.2 Å². The Morgan fingerprint density at radius 1 is 1.10 bits per heavy atom. The van der Waals surface area contributed by atoms with E-state index in [0.29, 0.717) is 23.3 Å². The number of hydrogen-bond donors (Lipinski definition) is 1. The lowest BCUT2D eigenvalue weighted by Crippen LogP contribution is -2.16. The number of rotatable bonds is 5. The summed E-state index contributed by atoms with van der Waals surface area (Å²) in [6.07, 6.45) is 0. The molecule has 6 nitrogen and oxygen atoms in total. The second-order valence-corrected chi connectivity index (χ2v) is 4.79. The third-order valence-electron chi connectivity index (χ3n) is 3.07. The summed E-state index contributed by atoms with van der Waals surface area (Å²) in [5.74, 6) is 2.34. The SMILES string of the molecule is COc1ccc(-c2nnc(C(N)C(C)C)o2)cc1OC. The highest BCUT2D eigenvalue weighted by molar-refractivity contribution is 5.59. The molecule has 0 bridgehead atoms. The predicted molar refractivity (Wildman–Crippen MR) is 74.6 cm³/mol. The zero-order valence-corrected chi connectivity index (χ0v) is 12.1. The first-order valence-electron chi connectivity index (χ1n) is 6.38. The van der Waals surface area contributed by atoms with Gasteiger partial charge < -0.3 is 19.6 Å². The summed E-state index contributed by atoms with van der Waals surface area (Å²) in [6, 6.07) is 5.15. The Bertz CT molecular complexity index is 581. The van der Waals surface area contributed by atoms with Gasteiger partial charge in [0.15, 0.2) is 11.5 Å². The Labute approximate surface area is 117 Å². The maximum absolute atomic E-state index is 5.99. The minimum atomic E-state index is -0.267. The fourth-order valence-corrected chi connectivity index (χ4v) is 1.74. The van der Waals surface area contributed by atoms with Crippen LogP contribution in [0.15, 0.2) is 22.6 Å². The fraction of sp³-hybridized carbons (Fsp3) is 0.429. The lowest BCUT2D eigenvalue weighted by Gasteiger charge is -2.10. The van der Waals surface area contributed by atoms with E-state index in [-0.39, 0.29) is 12.0 Å². The zero-order chi connectivity index (χ0) is 14.7. The van der Waals surface area contributed by atoms with Crippen molar-refractivity contribution in [3.05, 3.63) is 24.1 Å². The minimum absolute atomic E-state index is 0.230. The number of ether oxygens (including phenoxy) is 2. The molecule has 0 aliphatic rings. The third-order valence-corrected chi connectivity index (χ3v) is 3.07. The summed E-state index contributed by atoms with van der Waals surface area (Å²) in [7, 11) is 3.17. The summed E-state index contributed by atoms with van der Waals surface area (Å²) in [5.41, 5.74) is 6.75. The Hall–Kier alpha value is -2.08. The van der Waals surface area contributed by atoms with E-state index in [4.69, 9.17) is 19.6 Å². The molecule has 108 valence electrons. The number of methoxy groups -OCH3 is 2. The third kappa shape index (κ3) is 2.75. The average Bonchev–Trinajstić information content (AvgIpc) is 2.95. The number of nitrogens with two attached hydrogens (primary N) is 1. The first kappa shape index (κ1) is 14.3. The molecular formula is C14H19N3O3. The largest absolute Gasteiger partial charge is 0.493 e. The molecule has 1 unspecified atom stereocenters. The van der Waals surface area contributed by atoms with Gasteiger partial charge in [-0.1, -0.05) is 13.8 Å². The Balaban J connectivity index is 2.33. The van der Waals surface area contributed by atoms with Crippen LogP contribution in [-0.4, -0.2) is 24.4 Å². The van der Waals surface area contributed by atoms with E-state index in [1.54, 1.807) is 26.4 Å². The van der Waals surface area contributed by atoms with E-state index < -0.39 is 0 Å². The first-order chi connectivity index (χ1) is 9.56. The van der Waals surface area contributed by atoms with Crippen LogP contribution in [0.4, 0.5) is 0 Å². The Morgan fingerprint density at radius 2 is 1.80 bits per heavy atom. The van der Waals surface area contributed by atoms with Gasteiger partial charge in [0.1, 0.15) is 0 Å². The molecule has 1 aromatic carbocycles. The highest BCUT2D eigenvalue weighted by Gasteiger charge is 2.19. The Kier molecular flexibility index (Phi) is 4.24. The van der Waals surface area contributed by atoms with Gasteiger partial charge in [0.2, 0.25) is 11.8 Å². The van der Waals surface area contributed by atoms with Crippen LogP contribution >= 0.6 is 0 Å². The normalized spacial score (nSPS) is 12.5. The molecule has 0 radical (unpaired) electrons. The number of hydrogen-bond acceptors (Lipinski definition) is 6. The molecule has 0 saturated carbocycles. The summed E-state index contributed by atoms with van der Waals surface area (Å²) in [4.78, 5) is 0. The van der Waals surface area contributed by atoms with Crippen molar-refractivity contribution in [3.63, 3.8) is 0 Å². The lowest BCUT2D eigenvalue weighted by molar-refractivity contribution is 0.355. The van der Waals surface area contributed by atoms with Gasteiger partial charge in [0.25, 0.3) is 0 Å². The van der Waals surface area contributed by atoms with Crippen LogP contribution in [0.5, 0.6) is 11.5 Å². The van der Waals surface area contributed by atoms with E-state index >= 15 is 0 Å². The van der Waals surface area contributed by atoms with Gasteiger partial charge in [0.05, 0.1) is 20.3 Å². The van der Waals surface area contributed by atoms with Crippen molar-refractivity contribution in [2.24, 2.45) is 11.7 Å². The number of nitrogens with zero attached hydrogens (tertiary/aromatic N) is 2. The highest BCUT2D eigenvalue weighted by Crippen LogP contribution is 2.32. The van der Waals surface area contributed by atoms with E-state index in [9.17, 15) is 0 Å². The molecule has 1 heterocycles. The van der Waals surface area contributed by atoms with Gasteiger partial charge >= 0.3 is 0 Å². The van der Waals surface area contributed by atoms with Crippen LogP contribution in [-0.2, 0) is 0 Å². The molecule has 0 spiro atoms. The number of aromatic nitrogens is 2. The smallest absolute Gasteiger partial charge is 0.247 e. The summed E-state index contributed by atoms with van der Waals surface area (Å²) in [5, 5.41) is 8.03. The average molecular weight is 277 g/mol. The van der Waals surface area contributed by atoms with Crippen LogP contribution in [0.2, 0.25) is 0 Å². The van der Waals surface area contributed by atoms with Crippen molar-refractivity contribution in [2.45, 2.75) is 19.9 Å². The van der Waals surface area contributed by atoms with Crippen molar-refractivity contribution in [2.75, 3.05) is 14.2 Å². The number of benzene rings is 1. The van der Waals surface area contributed by atoms with Crippen molar-refractivity contribution in [1.29, 1.82) is 0 Å². The highest BCUT2D eigenvalue weighted by atomic mass is 16.5. The summed E-state index contributed by atoms with van der Waals surface area (Å²) < 4.78 is 16.1. The van der Waals surface area contributed by atoms with Gasteiger partial charge in [-0.2, -0.15) is 0 Å². The van der Waals surface area contributed by atoms with Crippen molar-refractivity contribution in [3.8, 4) is 23.0 Å².